The van der Waals surface area contributed by atoms with Crippen molar-refractivity contribution in [2.24, 2.45) is 0 Å². The van der Waals surface area contributed by atoms with Crippen LogP contribution in [0.3, 0.4) is 0 Å². The van der Waals surface area contributed by atoms with Crippen molar-refractivity contribution in [1.82, 2.24) is 0 Å². The number of carbonyl (C=O) groups excluding carboxylic acids is 1. The van der Waals surface area contributed by atoms with Crippen LogP contribution < -0.4 is 9.47 Å². The van der Waals surface area contributed by atoms with Gasteiger partial charge in [0.05, 0.1) is 25.9 Å². The Morgan fingerprint density at radius 3 is 2.29 bits per heavy atom. The van der Waals surface area contributed by atoms with E-state index in [-0.39, 0.29) is 23.9 Å². The summed E-state index contributed by atoms with van der Waals surface area (Å²) in [7, 11) is 1.40. The number of aliphatic hydroxyl groups is 4. The molecule has 224 valence electrons. The van der Waals surface area contributed by atoms with Crippen molar-refractivity contribution in [3.63, 3.8) is 0 Å². The molecule has 0 radical (unpaired) electrons. The van der Waals surface area contributed by atoms with E-state index in [0.29, 0.717) is 18.4 Å². The van der Waals surface area contributed by atoms with Gasteiger partial charge in [-0.2, -0.15) is 0 Å². The summed E-state index contributed by atoms with van der Waals surface area (Å²) in [5.74, 6) is -2.11. The number of phenolic OH excluding ortho intramolecular Hbond substituents is 3. The van der Waals surface area contributed by atoms with E-state index in [9.17, 15) is 40.5 Å². The van der Waals surface area contributed by atoms with Gasteiger partial charge in [0.1, 0.15) is 47.2 Å². The number of aromatic hydroxyl groups is 3. The number of phenols is 3. The lowest BCUT2D eigenvalue weighted by Gasteiger charge is -2.41. The predicted octanol–water partition coefficient (Wildman–Crippen LogP) is 0.797. The summed E-state index contributed by atoms with van der Waals surface area (Å²) in [6.07, 6.45) is -6.03. The summed E-state index contributed by atoms with van der Waals surface area (Å²) in [6.45, 7) is 1.46. The minimum Gasteiger partial charge on any atom is -0.507 e. The number of ether oxygens (including phenoxy) is 5. The van der Waals surface area contributed by atoms with Crippen molar-refractivity contribution in [3.8, 4) is 28.7 Å². The summed E-state index contributed by atoms with van der Waals surface area (Å²) in [5, 5.41) is 71.7. The third kappa shape index (κ3) is 7.08. The Labute approximate surface area is 235 Å². The van der Waals surface area contributed by atoms with E-state index in [4.69, 9.17) is 23.7 Å². The van der Waals surface area contributed by atoms with Gasteiger partial charge in [0.25, 0.3) is 0 Å². The molecule has 41 heavy (non-hydrogen) atoms. The number of hydrogen-bond donors (Lipinski definition) is 7. The van der Waals surface area contributed by atoms with E-state index in [1.807, 2.05) is 0 Å². The van der Waals surface area contributed by atoms with Crippen molar-refractivity contribution in [2.45, 2.75) is 69.0 Å². The fraction of sp³-hybridized carbons (Fsp3) is 0.464. The number of benzene rings is 2. The van der Waals surface area contributed by atoms with Gasteiger partial charge in [0.2, 0.25) is 6.29 Å². The monoisotopic (exact) mass is 578 g/mol. The van der Waals surface area contributed by atoms with E-state index >= 15 is 0 Å². The molecule has 7 N–H and O–H groups in total. The molecule has 0 aliphatic carbocycles. The second-order valence-electron chi connectivity index (χ2n) is 9.85. The maximum Gasteiger partial charge on any atom is 0.229 e. The first-order valence-electron chi connectivity index (χ1n) is 12.9. The first kappa shape index (κ1) is 30.5. The molecule has 2 saturated heterocycles. The number of aliphatic hydroxyl groups excluding tert-OH is 4. The molecule has 4 rings (SSSR count). The Bertz CT molecular complexity index is 1220. The molecule has 0 aromatic heterocycles. The molecule has 0 spiro atoms. The number of methoxy groups -OCH3 is 1. The molecule has 2 aliphatic heterocycles. The first-order valence-corrected chi connectivity index (χ1v) is 12.9. The van der Waals surface area contributed by atoms with Crippen LogP contribution in [0.2, 0.25) is 0 Å². The standard InChI is InChI=1S/C28H34O13/c1-13-16(29)6-8-23(39-13)38-12-22-25(34)26(35)27(36)28(41-22)40-15-10-19(32)24(20(33)11-15)17(30)5-3-14-4-7-21(37-2)18(31)9-14/h3-5,7,9-11,13,16,22-23,25-29,31-36H,6,8,12H2,1-2H3/b5-3+/t13?,16-,22?,23-,25-,26?,27?,28-/m1/s1. The molecule has 0 amide bonds. The number of allylic oxidation sites excluding steroid dienone is 1. The average molecular weight is 579 g/mol. The van der Waals surface area contributed by atoms with E-state index < -0.39 is 72.0 Å². The van der Waals surface area contributed by atoms with Gasteiger partial charge in [0.15, 0.2) is 23.6 Å². The van der Waals surface area contributed by atoms with Crippen LogP contribution in [0.5, 0.6) is 28.7 Å². The normalized spacial score (nSPS) is 30.3. The summed E-state index contributed by atoms with van der Waals surface area (Å²) in [6, 6.07) is 6.49. The van der Waals surface area contributed by atoms with Crippen molar-refractivity contribution in [1.29, 1.82) is 0 Å². The fourth-order valence-corrected chi connectivity index (χ4v) is 4.52. The van der Waals surface area contributed by atoms with Crippen LogP contribution in [0, 0.1) is 0 Å². The zero-order chi connectivity index (χ0) is 29.8. The van der Waals surface area contributed by atoms with E-state index in [1.165, 1.54) is 25.3 Å². The van der Waals surface area contributed by atoms with Gasteiger partial charge in [-0.15, -0.1) is 0 Å². The molecule has 8 atom stereocenters. The minimum absolute atomic E-state index is 0.135. The average Bonchev–Trinajstić information content (AvgIpc) is 2.93. The highest BCUT2D eigenvalue weighted by Gasteiger charge is 2.45. The summed E-state index contributed by atoms with van der Waals surface area (Å²) in [4.78, 5) is 12.7. The van der Waals surface area contributed by atoms with Gasteiger partial charge >= 0.3 is 0 Å². The Morgan fingerprint density at radius 2 is 1.66 bits per heavy atom. The zero-order valence-corrected chi connectivity index (χ0v) is 22.4. The van der Waals surface area contributed by atoms with Crippen LogP contribution in [0.1, 0.15) is 35.7 Å². The van der Waals surface area contributed by atoms with Crippen molar-refractivity contribution in [2.75, 3.05) is 13.7 Å². The maximum absolute atomic E-state index is 12.7. The third-order valence-corrected chi connectivity index (χ3v) is 6.92. The number of rotatable bonds is 9. The summed E-state index contributed by atoms with van der Waals surface area (Å²) in [5.41, 5.74) is 0.0328. The van der Waals surface area contributed by atoms with Crippen LogP contribution >= 0.6 is 0 Å². The number of hydrogen-bond acceptors (Lipinski definition) is 13. The van der Waals surface area contributed by atoms with Crippen LogP contribution in [-0.4, -0.2) is 104 Å². The molecule has 2 aromatic rings. The van der Waals surface area contributed by atoms with Gasteiger partial charge in [-0.1, -0.05) is 12.1 Å². The Kier molecular flexibility index (Phi) is 9.71. The Hall–Kier alpha value is -3.43. The van der Waals surface area contributed by atoms with Crippen molar-refractivity contribution >= 4 is 11.9 Å². The van der Waals surface area contributed by atoms with E-state index in [2.05, 4.69) is 0 Å². The largest absolute Gasteiger partial charge is 0.507 e. The van der Waals surface area contributed by atoms with Gasteiger partial charge < -0.3 is 59.4 Å². The fourth-order valence-electron chi connectivity index (χ4n) is 4.52. The predicted molar refractivity (Wildman–Crippen MR) is 141 cm³/mol. The zero-order valence-electron chi connectivity index (χ0n) is 22.4. The van der Waals surface area contributed by atoms with Crippen LogP contribution in [0.4, 0.5) is 0 Å². The van der Waals surface area contributed by atoms with Gasteiger partial charge in [-0.05, 0) is 37.1 Å². The molecule has 2 fully saturated rings. The minimum atomic E-state index is -1.71. The topological polar surface area (TPSA) is 205 Å². The first-order chi connectivity index (χ1) is 19.5. The smallest absolute Gasteiger partial charge is 0.229 e. The van der Waals surface area contributed by atoms with Crippen LogP contribution in [0.15, 0.2) is 36.4 Å². The molecule has 13 nitrogen and oxygen atoms in total. The molecule has 2 heterocycles. The highest BCUT2D eigenvalue weighted by molar-refractivity contribution is 6.10. The van der Waals surface area contributed by atoms with Gasteiger partial charge in [0, 0.05) is 18.6 Å². The molecule has 4 unspecified atom stereocenters. The third-order valence-electron chi connectivity index (χ3n) is 6.92. The molecular formula is C28H34O13. The highest BCUT2D eigenvalue weighted by atomic mass is 16.7. The SMILES string of the molecule is COc1ccc(/C=C/C(=O)c2c(O)cc(O[C@@H]3OC(CO[C@H]4CC[C@@H](O)C(C)O4)[C@@H](O)C(O)C3O)cc2O)cc1O. The summed E-state index contributed by atoms with van der Waals surface area (Å²) >= 11 is 0. The van der Waals surface area contributed by atoms with Crippen LogP contribution in [0.25, 0.3) is 6.08 Å². The number of ketones is 1. The molecule has 2 aromatic carbocycles. The van der Waals surface area contributed by atoms with E-state index in [0.717, 1.165) is 18.2 Å². The second-order valence-corrected chi connectivity index (χ2v) is 9.85. The van der Waals surface area contributed by atoms with Gasteiger partial charge in [-0.25, -0.2) is 0 Å². The lowest BCUT2D eigenvalue weighted by Crippen LogP contribution is -2.60. The Morgan fingerprint density at radius 1 is 0.951 bits per heavy atom. The molecule has 13 heteroatoms. The highest BCUT2D eigenvalue weighted by Crippen LogP contribution is 2.35. The van der Waals surface area contributed by atoms with E-state index in [1.54, 1.807) is 13.0 Å². The lowest BCUT2D eigenvalue weighted by atomic mass is 9.99. The molecule has 0 saturated carbocycles. The lowest BCUT2D eigenvalue weighted by molar-refractivity contribution is -0.294. The van der Waals surface area contributed by atoms with Gasteiger partial charge in [-0.3, -0.25) is 4.79 Å². The maximum atomic E-state index is 12.7. The number of carbonyl (C=O) groups is 1. The van der Waals surface area contributed by atoms with Crippen molar-refractivity contribution in [3.05, 3.63) is 47.5 Å². The molecular weight excluding hydrogens is 544 g/mol. The molecule has 2 aliphatic rings. The summed E-state index contributed by atoms with van der Waals surface area (Å²) < 4.78 is 27.3. The van der Waals surface area contributed by atoms with Crippen LogP contribution in [-0.2, 0) is 14.2 Å². The molecule has 0 bridgehead atoms. The second kappa shape index (κ2) is 13.0. The van der Waals surface area contributed by atoms with Crippen molar-refractivity contribution < 1.29 is 64.2 Å². The Balaban J connectivity index is 1.42. The quantitative estimate of drug-likeness (QED) is 0.163.